The predicted octanol–water partition coefficient (Wildman–Crippen LogP) is 5.92. The molecule has 8 heteroatoms. The molecule has 6 nitrogen and oxygen atoms in total. The molecule has 0 radical (unpaired) electrons. The number of aromatic nitrogens is 1. The maximum absolute atomic E-state index is 13.3. The Morgan fingerprint density at radius 2 is 1.88 bits per heavy atom. The van der Waals surface area contributed by atoms with E-state index in [0.29, 0.717) is 16.4 Å². The lowest BCUT2D eigenvalue weighted by Crippen LogP contribution is -2.28. The van der Waals surface area contributed by atoms with Gasteiger partial charge < -0.3 is 9.84 Å². The highest BCUT2D eigenvalue weighted by molar-refractivity contribution is 7.22. The normalized spacial score (nSPS) is 17.6. The van der Waals surface area contributed by atoms with Crippen molar-refractivity contribution < 1.29 is 19.4 Å². The Morgan fingerprint density at radius 3 is 2.56 bits per heavy atom. The quantitative estimate of drug-likeness (QED) is 0.218. The summed E-state index contributed by atoms with van der Waals surface area (Å²) in [7, 11) is 1.57. The van der Waals surface area contributed by atoms with Crippen LogP contribution < -0.4 is 9.64 Å². The third-order valence-electron chi connectivity index (χ3n) is 5.95. The van der Waals surface area contributed by atoms with E-state index >= 15 is 0 Å². The van der Waals surface area contributed by atoms with E-state index in [2.05, 4.69) is 0 Å². The molecule has 34 heavy (non-hydrogen) atoms. The minimum atomic E-state index is -0.760. The smallest absolute Gasteiger partial charge is 0.301 e. The summed E-state index contributed by atoms with van der Waals surface area (Å²) in [5.74, 6) is -0.958. The molecule has 4 aromatic rings. The number of benzene rings is 2. The molecule has 1 unspecified atom stereocenters. The molecule has 0 saturated carbocycles. The van der Waals surface area contributed by atoms with Gasteiger partial charge in [0.1, 0.15) is 17.6 Å². The summed E-state index contributed by atoms with van der Waals surface area (Å²) >= 11 is 2.80. The second-order valence-corrected chi connectivity index (χ2v) is 10.3. The number of nitrogens with zero attached hydrogens (tertiary/aromatic N) is 2. The molecule has 1 amide bonds. The molecule has 1 fully saturated rings. The first kappa shape index (κ1) is 22.3. The van der Waals surface area contributed by atoms with Crippen LogP contribution in [-0.2, 0) is 9.59 Å². The molecule has 1 atom stereocenters. The zero-order chi connectivity index (χ0) is 24.1. The number of Topliss-reactive ketones (excluding diaryl/α,β-unsaturated/α-hetero) is 1. The van der Waals surface area contributed by atoms with Gasteiger partial charge in [0.2, 0.25) is 0 Å². The van der Waals surface area contributed by atoms with Gasteiger partial charge in [-0.15, -0.1) is 11.3 Å². The first-order chi connectivity index (χ1) is 16.3. The summed E-state index contributed by atoms with van der Waals surface area (Å²) in [5, 5.41) is 13.6. The SMILES string of the molecule is COc1ccc(C(O)=C2C(=O)C(=O)N(c3nc4c(C)cc(C)cc4s3)C2c2cccs2)cc1C. The Kier molecular flexibility index (Phi) is 5.50. The van der Waals surface area contributed by atoms with Crippen LogP contribution in [0.3, 0.4) is 0 Å². The Labute approximate surface area is 204 Å². The first-order valence-electron chi connectivity index (χ1n) is 10.7. The van der Waals surface area contributed by atoms with Gasteiger partial charge in [-0.25, -0.2) is 4.98 Å². The van der Waals surface area contributed by atoms with E-state index in [1.54, 1.807) is 25.3 Å². The first-order valence-corrected chi connectivity index (χ1v) is 12.4. The summed E-state index contributed by atoms with van der Waals surface area (Å²) in [6, 6.07) is 12.2. The highest BCUT2D eigenvalue weighted by atomic mass is 32.1. The standard InChI is InChI=1S/C26H22N2O4S2/c1-13-10-15(3)21-19(11-13)34-26(27-21)28-22(18-6-5-9-33-18)20(24(30)25(28)31)23(29)16-7-8-17(32-4)14(2)12-16/h5-12,22,29H,1-4H3. The van der Waals surface area contributed by atoms with Gasteiger partial charge in [0.15, 0.2) is 5.13 Å². The number of thiazole rings is 1. The third kappa shape index (κ3) is 3.50. The molecule has 1 aliphatic heterocycles. The lowest BCUT2D eigenvalue weighted by atomic mass is 9.99. The van der Waals surface area contributed by atoms with Crippen molar-refractivity contribution in [3.05, 3.63) is 80.5 Å². The number of hydrogen-bond acceptors (Lipinski definition) is 7. The number of ether oxygens (including phenoxy) is 1. The topological polar surface area (TPSA) is 79.7 Å². The van der Waals surface area contributed by atoms with Crippen molar-refractivity contribution in [1.29, 1.82) is 0 Å². The van der Waals surface area contributed by atoms with E-state index in [-0.39, 0.29) is 11.3 Å². The summed E-state index contributed by atoms with van der Waals surface area (Å²) in [5.41, 5.74) is 4.24. The van der Waals surface area contributed by atoms with Crippen LogP contribution in [0.4, 0.5) is 5.13 Å². The van der Waals surface area contributed by atoms with Crippen LogP contribution >= 0.6 is 22.7 Å². The van der Waals surface area contributed by atoms with Crippen LogP contribution in [0.15, 0.2) is 53.4 Å². The molecule has 1 N–H and O–H groups in total. The number of anilines is 1. The Bertz CT molecular complexity index is 1480. The Hall–Kier alpha value is -3.49. The van der Waals surface area contributed by atoms with E-state index in [1.165, 1.54) is 27.6 Å². The Morgan fingerprint density at radius 1 is 1.09 bits per heavy atom. The highest BCUT2D eigenvalue weighted by Gasteiger charge is 2.48. The van der Waals surface area contributed by atoms with E-state index in [9.17, 15) is 14.7 Å². The fourth-order valence-corrected chi connectivity index (χ4v) is 6.38. The number of amides is 1. The van der Waals surface area contributed by atoms with E-state index in [0.717, 1.165) is 31.8 Å². The van der Waals surface area contributed by atoms with Crippen LogP contribution in [0, 0.1) is 20.8 Å². The van der Waals surface area contributed by atoms with Crippen LogP contribution in [0.2, 0.25) is 0 Å². The summed E-state index contributed by atoms with van der Waals surface area (Å²) < 4.78 is 6.26. The monoisotopic (exact) mass is 490 g/mol. The van der Waals surface area contributed by atoms with Gasteiger partial charge in [0.05, 0.1) is 22.9 Å². The second kappa shape index (κ2) is 8.38. The van der Waals surface area contributed by atoms with Gasteiger partial charge in [-0.3, -0.25) is 14.5 Å². The fourth-order valence-electron chi connectivity index (χ4n) is 4.39. The number of methoxy groups -OCH3 is 1. The van der Waals surface area contributed by atoms with Crippen molar-refractivity contribution in [1.82, 2.24) is 4.98 Å². The number of rotatable bonds is 4. The van der Waals surface area contributed by atoms with Gasteiger partial charge in [0.25, 0.3) is 5.78 Å². The van der Waals surface area contributed by atoms with Crippen molar-refractivity contribution in [2.45, 2.75) is 26.8 Å². The van der Waals surface area contributed by atoms with Crippen LogP contribution in [0.25, 0.3) is 16.0 Å². The number of aliphatic hydroxyl groups is 1. The molecule has 2 aromatic heterocycles. The van der Waals surface area contributed by atoms with E-state index < -0.39 is 17.7 Å². The van der Waals surface area contributed by atoms with Crippen LogP contribution in [-0.4, -0.2) is 28.9 Å². The minimum absolute atomic E-state index is 0.0594. The van der Waals surface area contributed by atoms with Crippen molar-refractivity contribution in [3.8, 4) is 5.75 Å². The van der Waals surface area contributed by atoms with Crippen LogP contribution in [0.1, 0.15) is 33.2 Å². The molecule has 172 valence electrons. The van der Waals surface area contributed by atoms with Gasteiger partial charge in [-0.2, -0.15) is 0 Å². The van der Waals surface area contributed by atoms with Gasteiger partial charge in [-0.05, 0) is 73.2 Å². The summed E-state index contributed by atoms with van der Waals surface area (Å²) in [6.07, 6.45) is 0. The number of aryl methyl sites for hydroxylation is 3. The minimum Gasteiger partial charge on any atom is -0.507 e. The number of hydrogen-bond donors (Lipinski definition) is 1. The summed E-state index contributed by atoms with van der Waals surface area (Å²) in [4.78, 5) is 33.6. The highest BCUT2D eigenvalue weighted by Crippen LogP contribution is 2.46. The zero-order valence-corrected chi connectivity index (χ0v) is 20.7. The molecular weight excluding hydrogens is 468 g/mol. The average Bonchev–Trinajstić information content (AvgIpc) is 3.52. The lowest BCUT2D eigenvalue weighted by Gasteiger charge is -2.21. The number of ketones is 1. The zero-order valence-electron chi connectivity index (χ0n) is 19.1. The lowest BCUT2D eigenvalue weighted by molar-refractivity contribution is -0.132. The molecule has 1 aliphatic rings. The van der Waals surface area contributed by atoms with Gasteiger partial charge in [0, 0.05) is 10.4 Å². The number of thiophene rings is 1. The van der Waals surface area contributed by atoms with Crippen molar-refractivity contribution in [3.63, 3.8) is 0 Å². The Balaban J connectivity index is 1.71. The van der Waals surface area contributed by atoms with Gasteiger partial charge in [-0.1, -0.05) is 23.5 Å². The predicted molar refractivity (Wildman–Crippen MR) is 136 cm³/mol. The molecule has 5 rings (SSSR count). The second-order valence-electron chi connectivity index (χ2n) is 8.29. The van der Waals surface area contributed by atoms with E-state index in [1.807, 2.05) is 50.4 Å². The van der Waals surface area contributed by atoms with Crippen molar-refractivity contribution in [2.24, 2.45) is 0 Å². The van der Waals surface area contributed by atoms with Gasteiger partial charge >= 0.3 is 5.91 Å². The molecule has 2 aromatic carbocycles. The van der Waals surface area contributed by atoms with Crippen LogP contribution in [0.5, 0.6) is 5.75 Å². The molecular formula is C26H22N2O4S2. The maximum Gasteiger partial charge on any atom is 0.301 e. The fraction of sp³-hybridized carbons (Fsp3) is 0.192. The maximum atomic E-state index is 13.3. The average molecular weight is 491 g/mol. The van der Waals surface area contributed by atoms with Crippen molar-refractivity contribution >= 4 is 55.5 Å². The third-order valence-corrected chi connectivity index (χ3v) is 7.88. The molecule has 0 aliphatic carbocycles. The number of carbonyl (C=O) groups is 2. The number of fused-ring (bicyclic) bond motifs is 1. The largest absolute Gasteiger partial charge is 0.507 e. The molecule has 0 bridgehead atoms. The van der Waals surface area contributed by atoms with E-state index in [4.69, 9.17) is 9.72 Å². The van der Waals surface area contributed by atoms with Crippen molar-refractivity contribution in [2.75, 3.05) is 12.0 Å². The molecule has 3 heterocycles. The molecule has 0 spiro atoms. The number of aliphatic hydroxyl groups excluding tert-OH is 1. The number of carbonyl (C=O) groups excluding carboxylic acids is 2. The molecule has 1 saturated heterocycles. The summed E-state index contributed by atoms with van der Waals surface area (Å²) in [6.45, 7) is 5.85.